The number of fused-ring (bicyclic) bond motifs is 1. The third-order valence-corrected chi connectivity index (χ3v) is 3.20. The van der Waals surface area contributed by atoms with Crippen LogP contribution in [0, 0.1) is 0 Å². The standard InChI is InChI=1S/C11H11ClN2O/c12-7-1-2-9-10(5-7)14-11(13-9)6-3-8(15)4-6/h1-2,5-6,8,15H,3-4H2,(H,13,14). The van der Waals surface area contributed by atoms with Crippen molar-refractivity contribution in [2.24, 2.45) is 0 Å². The van der Waals surface area contributed by atoms with Gasteiger partial charge in [-0.1, -0.05) is 11.6 Å². The molecular weight excluding hydrogens is 212 g/mol. The molecule has 2 aromatic rings. The number of aromatic amines is 1. The number of hydrogen-bond donors (Lipinski definition) is 2. The molecule has 1 aliphatic carbocycles. The summed E-state index contributed by atoms with van der Waals surface area (Å²) < 4.78 is 0. The van der Waals surface area contributed by atoms with Crippen LogP contribution in [0.2, 0.25) is 5.02 Å². The Morgan fingerprint density at radius 2 is 2.20 bits per heavy atom. The van der Waals surface area contributed by atoms with Gasteiger partial charge in [-0.25, -0.2) is 4.98 Å². The van der Waals surface area contributed by atoms with Crippen LogP contribution in [0.4, 0.5) is 0 Å². The smallest absolute Gasteiger partial charge is 0.110 e. The molecule has 2 N–H and O–H groups in total. The summed E-state index contributed by atoms with van der Waals surface area (Å²) in [5.74, 6) is 1.35. The van der Waals surface area contributed by atoms with Gasteiger partial charge in [-0.3, -0.25) is 0 Å². The Morgan fingerprint density at radius 3 is 2.93 bits per heavy atom. The summed E-state index contributed by atoms with van der Waals surface area (Å²) >= 11 is 5.89. The van der Waals surface area contributed by atoms with E-state index in [2.05, 4.69) is 9.97 Å². The molecule has 0 radical (unpaired) electrons. The molecule has 0 atom stereocenters. The van der Waals surface area contributed by atoms with Crippen LogP contribution in [0.1, 0.15) is 24.6 Å². The van der Waals surface area contributed by atoms with Crippen LogP contribution in [0.3, 0.4) is 0 Å². The lowest BCUT2D eigenvalue weighted by Gasteiger charge is -2.29. The molecule has 1 saturated carbocycles. The molecule has 3 rings (SSSR count). The molecule has 0 amide bonds. The number of hydrogen-bond acceptors (Lipinski definition) is 2. The minimum Gasteiger partial charge on any atom is -0.393 e. The van der Waals surface area contributed by atoms with Crippen molar-refractivity contribution in [2.45, 2.75) is 24.9 Å². The molecule has 15 heavy (non-hydrogen) atoms. The molecule has 1 fully saturated rings. The fourth-order valence-electron chi connectivity index (χ4n) is 2.01. The summed E-state index contributed by atoms with van der Waals surface area (Å²) in [6.07, 6.45) is 1.48. The lowest BCUT2D eigenvalue weighted by atomic mass is 9.82. The number of aliphatic hydroxyl groups excluding tert-OH is 1. The van der Waals surface area contributed by atoms with E-state index in [1.54, 1.807) is 0 Å². The summed E-state index contributed by atoms with van der Waals surface area (Å²) in [6, 6.07) is 5.62. The van der Waals surface area contributed by atoms with Gasteiger partial charge in [0.05, 0.1) is 17.1 Å². The zero-order valence-electron chi connectivity index (χ0n) is 8.07. The average molecular weight is 223 g/mol. The minimum absolute atomic E-state index is 0.146. The maximum Gasteiger partial charge on any atom is 0.110 e. The van der Waals surface area contributed by atoms with Crippen molar-refractivity contribution in [3.8, 4) is 0 Å². The second-order valence-corrected chi connectivity index (χ2v) is 4.54. The van der Waals surface area contributed by atoms with E-state index in [9.17, 15) is 5.11 Å². The maximum absolute atomic E-state index is 9.24. The quantitative estimate of drug-likeness (QED) is 0.779. The molecule has 0 saturated heterocycles. The van der Waals surface area contributed by atoms with Gasteiger partial charge in [0, 0.05) is 10.9 Å². The summed E-state index contributed by atoms with van der Waals surface area (Å²) in [5.41, 5.74) is 1.91. The fourth-order valence-corrected chi connectivity index (χ4v) is 2.18. The number of rotatable bonds is 1. The third kappa shape index (κ3) is 1.52. The zero-order valence-corrected chi connectivity index (χ0v) is 8.83. The Balaban J connectivity index is 1.99. The van der Waals surface area contributed by atoms with E-state index in [1.165, 1.54) is 0 Å². The lowest BCUT2D eigenvalue weighted by molar-refractivity contribution is 0.0720. The molecular formula is C11H11ClN2O. The Morgan fingerprint density at radius 1 is 1.40 bits per heavy atom. The molecule has 3 nitrogen and oxygen atoms in total. The van der Waals surface area contributed by atoms with Crippen molar-refractivity contribution in [1.29, 1.82) is 0 Å². The second kappa shape index (κ2) is 3.22. The van der Waals surface area contributed by atoms with E-state index in [4.69, 9.17) is 11.6 Å². The fraction of sp³-hybridized carbons (Fsp3) is 0.364. The average Bonchev–Trinajstić information content (AvgIpc) is 2.55. The Bertz CT molecular complexity index is 502. The highest BCUT2D eigenvalue weighted by molar-refractivity contribution is 6.31. The first-order chi connectivity index (χ1) is 7.22. The van der Waals surface area contributed by atoms with E-state index in [0.29, 0.717) is 10.9 Å². The first kappa shape index (κ1) is 9.19. The van der Waals surface area contributed by atoms with Gasteiger partial charge >= 0.3 is 0 Å². The normalized spacial score (nSPS) is 25.5. The highest BCUT2D eigenvalue weighted by Gasteiger charge is 2.30. The van der Waals surface area contributed by atoms with Gasteiger partial charge in [-0.15, -0.1) is 0 Å². The van der Waals surface area contributed by atoms with Crippen LogP contribution in [0.15, 0.2) is 18.2 Å². The number of nitrogens with one attached hydrogen (secondary N) is 1. The van der Waals surface area contributed by atoms with Gasteiger partial charge in [0.1, 0.15) is 5.82 Å². The van der Waals surface area contributed by atoms with Crippen molar-refractivity contribution in [3.05, 3.63) is 29.0 Å². The van der Waals surface area contributed by atoms with Crippen LogP contribution >= 0.6 is 11.6 Å². The minimum atomic E-state index is -0.146. The van der Waals surface area contributed by atoms with Gasteiger partial charge < -0.3 is 10.1 Å². The van der Waals surface area contributed by atoms with Gasteiger partial charge in [0.15, 0.2) is 0 Å². The van der Waals surface area contributed by atoms with Crippen LogP contribution in [0.5, 0.6) is 0 Å². The summed E-state index contributed by atoms with van der Waals surface area (Å²) in [6.45, 7) is 0. The first-order valence-electron chi connectivity index (χ1n) is 5.05. The van der Waals surface area contributed by atoms with Crippen LogP contribution in [-0.2, 0) is 0 Å². The van der Waals surface area contributed by atoms with Crippen LogP contribution in [-0.4, -0.2) is 21.2 Å². The van der Waals surface area contributed by atoms with E-state index in [1.807, 2.05) is 18.2 Å². The molecule has 1 aliphatic rings. The van der Waals surface area contributed by atoms with Gasteiger partial charge in [0.2, 0.25) is 0 Å². The number of H-pyrrole nitrogens is 1. The largest absolute Gasteiger partial charge is 0.393 e. The molecule has 0 bridgehead atoms. The van der Waals surface area contributed by atoms with E-state index in [-0.39, 0.29) is 6.10 Å². The molecule has 1 aromatic carbocycles. The summed E-state index contributed by atoms with van der Waals surface area (Å²) in [4.78, 5) is 7.74. The van der Waals surface area contributed by atoms with Crippen molar-refractivity contribution >= 4 is 22.6 Å². The third-order valence-electron chi connectivity index (χ3n) is 2.96. The Kier molecular flexibility index (Phi) is 1.97. The van der Waals surface area contributed by atoms with Crippen molar-refractivity contribution < 1.29 is 5.11 Å². The number of nitrogens with zero attached hydrogens (tertiary/aromatic N) is 1. The van der Waals surface area contributed by atoms with Gasteiger partial charge in [-0.2, -0.15) is 0 Å². The molecule has 4 heteroatoms. The SMILES string of the molecule is OC1CC(c2nc3ccc(Cl)cc3[nH]2)C1. The van der Waals surface area contributed by atoms with Crippen molar-refractivity contribution in [1.82, 2.24) is 9.97 Å². The van der Waals surface area contributed by atoms with Crippen molar-refractivity contribution in [3.63, 3.8) is 0 Å². The Labute approximate surface area is 92.1 Å². The van der Waals surface area contributed by atoms with E-state index >= 15 is 0 Å². The maximum atomic E-state index is 9.24. The number of halogens is 1. The van der Waals surface area contributed by atoms with E-state index < -0.39 is 0 Å². The lowest BCUT2D eigenvalue weighted by Crippen LogP contribution is -2.27. The van der Waals surface area contributed by atoms with E-state index in [0.717, 1.165) is 29.7 Å². The molecule has 0 unspecified atom stereocenters. The topological polar surface area (TPSA) is 48.9 Å². The molecule has 1 aromatic heterocycles. The first-order valence-corrected chi connectivity index (χ1v) is 5.43. The molecule has 1 heterocycles. The summed E-state index contributed by atoms with van der Waals surface area (Å²) in [7, 11) is 0. The molecule has 0 spiro atoms. The molecule has 0 aliphatic heterocycles. The van der Waals surface area contributed by atoms with Crippen LogP contribution in [0.25, 0.3) is 11.0 Å². The highest BCUT2D eigenvalue weighted by Crippen LogP contribution is 2.36. The van der Waals surface area contributed by atoms with Gasteiger partial charge in [0.25, 0.3) is 0 Å². The van der Waals surface area contributed by atoms with Gasteiger partial charge in [-0.05, 0) is 31.0 Å². The van der Waals surface area contributed by atoms with Crippen molar-refractivity contribution in [2.75, 3.05) is 0 Å². The molecule has 78 valence electrons. The van der Waals surface area contributed by atoms with Crippen LogP contribution < -0.4 is 0 Å². The number of benzene rings is 1. The number of aliphatic hydroxyl groups is 1. The summed E-state index contributed by atoms with van der Waals surface area (Å²) in [5, 5.41) is 9.95. The second-order valence-electron chi connectivity index (χ2n) is 4.11. The predicted octanol–water partition coefficient (Wildman–Crippen LogP) is 2.45. The number of imidazole rings is 1. The number of aromatic nitrogens is 2. The highest BCUT2D eigenvalue weighted by atomic mass is 35.5. The predicted molar refractivity (Wildman–Crippen MR) is 59.1 cm³/mol. The Hall–Kier alpha value is -1.06. The zero-order chi connectivity index (χ0) is 10.4. The monoisotopic (exact) mass is 222 g/mol.